The molecule has 1 aliphatic rings. The molecular formula is C14H16N4O2. The molecule has 6 heteroatoms. The van der Waals surface area contributed by atoms with Crippen LogP contribution in [0.25, 0.3) is 5.82 Å². The lowest BCUT2D eigenvalue weighted by atomic mass is 10.1. The van der Waals surface area contributed by atoms with Gasteiger partial charge in [0, 0.05) is 31.0 Å². The predicted octanol–water partition coefficient (Wildman–Crippen LogP) is 0.511. The maximum Gasteiger partial charge on any atom is 0.279 e. The van der Waals surface area contributed by atoms with Crippen LogP contribution in [0, 0.1) is 0 Å². The van der Waals surface area contributed by atoms with Crippen molar-refractivity contribution in [2.45, 2.75) is 12.6 Å². The van der Waals surface area contributed by atoms with Gasteiger partial charge in [-0.3, -0.25) is 14.3 Å². The number of rotatable bonds is 3. The second-order valence-electron chi connectivity index (χ2n) is 4.85. The summed E-state index contributed by atoms with van der Waals surface area (Å²) in [6.45, 7) is 1.80. The smallest absolute Gasteiger partial charge is 0.279 e. The molecule has 0 aliphatic carbocycles. The van der Waals surface area contributed by atoms with Crippen LogP contribution in [0.3, 0.4) is 0 Å². The van der Waals surface area contributed by atoms with Crippen molar-refractivity contribution >= 4 is 5.69 Å². The Labute approximate surface area is 116 Å². The molecule has 0 amide bonds. The van der Waals surface area contributed by atoms with Gasteiger partial charge in [-0.25, -0.2) is 4.98 Å². The zero-order chi connectivity index (χ0) is 14.1. The summed E-state index contributed by atoms with van der Waals surface area (Å²) >= 11 is 0. The fourth-order valence-corrected chi connectivity index (χ4v) is 2.18. The number of aromatic nitrogens is 2. The minimum atomic E-state index is -0.622. The largest absolute Gasteiger partial charge is 0.394 e. The molecule has 1 aliphatic heterocycles. The Hall–Kier alpha value is -2.18. The molecular weight excluding hydrogens is 256 g/mol. The number of hydrogen-bond donors (Lipinski definition) is 2. The zero-order valence-corrected chi connectivity index (χ0v) is 10.9. The molecule has 2 aromatic heterocycles. The summed E-state index contributed by atoms with van der Waals surface area (Å²) in [4.78, 5) is 18.1. The van der Waals surface area contributed by atoms with Gasteiger partial charge in [0.1, 0.15) is 12.0 Å². The SMILES string of the molecule is Nc1cccn(-c2ccc(C(O)N3CCC3)cn2)c1=O. The molecule has 20 heavy (non-hydrogen) atoms. The van der Waals surface area contributed by atoms with E-state index < -0.39 is 6.23 Å². The van der Waals surface area contributed by atoms with E-state index in [0.717, 1.165) is 25.1 Å². The Morgan fingerprint density at radius 1 is 1.30 bits per heavy atom. The van der Waals surface area contributed by atoms with Gasteiger partial charge in [-0.1, -0.05) is 0 Å². The number of nitrogen functional groups attached to an aromatic ring is 1. The lowest BCUT2D eigenvalue weighted by Gasteiger charge is -2.35. The van der Waals surface area contributed by atoms with Crippen LogP contribution in [0.1, 0.15) is 18.2 Å². The molecule has 0 bridgehead atoms. The minimum absolute atomic E-state index is 0.180. The first-order chi connectivity index (χ1) is 9.66. The summed E-state index contributed by atoms with van der Waals surface area (Å²) in [5.41, 5.74) is 6.21. The summed E-state index contributed by atoms with van der Waals surface area (Å²) in [6, 6.07) is 6.74. The molecule has 0 aromatic carbocycles. The normalized spacial score (nSPS) is 16.6. The van der Waals surface area contributed by atoms with E-state index in [1.165, 1.54) is 4.57 Å². The molecule has 3 rings (SSSR count). The van der Waals surface area contributed by atoms with Crippen molar-refractivity contribution in [1.29, 1.82) is 0 Å². The third-order valence-electron chi connectivity index (χ3n) is 3.53. The number of hydrogen-bond acceptors (Lipinski definition) is 5. The summed E-state index contributed by atoms with van der Waals surface area (Å²) in [5.74, 6) is 0.488. The Morgan fingerprint density at radius 2 is 2.10 bits per heavy atom. The van der Waals surface area contributed by atoms with Crippen LogP contribution in [-0.4, -0.2) is 32.6 Å². The van der Waals surface area contributed by atoms with E-state index in [0.29, 0.717) is 5.82 Å². The van der Waals surface area contributed by atoms with E-state index in [-0.39, 0.29) is 11.2 Å². The van der Waals surface area contributed by atoms with Crippen molar-refractivity contribution in [3.63, 3.8) is 0 Å². The number of nitrogens with zero attached hydrogens (tertiary/aromatic N) is 3. The number of anilines is 1. The zero-order valence-electron chi connectivity index (χ0n) is 10.9. The number of aliphatic hydroxyl groups is 1. The molecule has 1 atom stereocenters. The van der Waals surface area contributed by atoms with E-state index in [9.17, 15) is 9.90 Å². The molecule has 2 aromatic rings. The quantitative estimate of drug-likeness (QED) is 0.850. The van der Waals surface area contributed by atoms with Gasteiger partial charge in [0.25, 0.3) is 5.56 Å². The standard InChI is InChI=1S/C14H16N4O2/c15-11-3-1-8-18(14(11)20)12-5-4-10(9-16-12)13(19)17-6-2-7-17/h1,3-5,8-9,13,19H,2,6-7,15H2. The van der Waals surface area contributed by atoms with Crippen molar-refractivity contribution in [1.82, 2.24) is 14.5 Å². The molecule has 3 N–H and O–H groups in total. The van der Waals surface area contributed by atoms with Crippen molar-refractivity contribution in [2.75, 3.05) is 18.8 Å². The van der Waals surface area contributed by atoms with Crippen molar-refractivity contribution in [2.24, 2.45) is 0 Å². The van der Waals surface area contributed by atoms with Crippen molar-refractivity contribution in [3.05, 3.63) is 52.6 Å². The first-order valence-electron chi connectivity index (χ1n) is 6.52. The van der Waals surface area contributed by atoms with Crippen LogP contribution in [0.4, 0.5) is 5.69 Å². The van der Waals surface area contributed by atoms with E-state index >= 15 is 0 Å². The Kier molecular flexibility index (Phi) is 3.25. The predicted molar refractivity (Wildman–Crippen MR) is 75.4 cm³/mol. The molecule has 1 saturated heterocycles. The van der Waals surface area contributed by atoms with Gasteiger partial charge >= 0.3 is 0 Å². The van der Waals surface area contributed by atoms with Gasteiger partial charge in [-0.15, -0.1) is 0 Å². The monoisotopic (exact) mass is 272 g/mol. The first-order valence-corrected chi connectivity index (χ1v) is 6.52. The van der Waals surface area contributed by atoms with Crippen LogP contribution >= 0.6 is 0 Å². The highest BCUT2D eigenvalue weighted by Gasteiger charge is 2.23. The summed E-state index contributed by atoms with van der Waals surface area (Å²) in [6.07, 6.45) is 3.70. The second-order valence-corrected chi connectivity index (χ2v) is 4.85. The lowest BCUT2D eigenvalue weighted by Crippen LogP contribution is -2.40. The van der Waals surface area contributed by atoms with Gasteiger partial charge < -0.3 is 10.8 Å². The molecule has 0 spiro atoms. The van der Waals surface area contributed by atoms with Crippen LogP contribution < -0.4 is 11.3 Å². The average Bonchev–Trinajstić information content (AvgIpc) is 2.40. The molecule has 104 valence electrons. The maximum absolute atomic E-state index is 11.9. The molecule has 0 radical (unpaired) electrons. The Morgan fingerprint density at radius 3 is 2.70 bits per heavy atom. The molecule has 1 fully saturated rings. The fourth-order valence-electron chi connectivity index (χ4n) is 2.18. The Balaban J connectivity index is 1.89. The van der Waals surface area contributed by atoms with Crippen LogP contribution in [-0.2, 0) is 0 Å². The van der Waals surface area contributed by atoms with E-state index in [4.69, 9.17) is 5.73 Å². The molecule has 6 nitrogen and oxygen atoms in total. The maximum atomic E-state index is 11.9. The number of nitrogens with two attached hydrogens (primary N) is 1. The summed E-state index contributed by atoms with van der Waals surface area (Å²) in [5, 5.41) is 10.1. The summed E-state index contributed by atoms with van der Waals surface area (Å²) < 4.78 is 1.38. The van der Waals surface area contributed by atoms with Gasteiger partial charge in [-0.05, 0) is 30.7 Å². The molecule has 3 heterocycles. The second kappa shape index (κ2) is 5.07. The van der Waals surface area contributed by atoms with Gasteiger partial charge in [0.2, 0.25) is 0 Å². The number of likely N-dealkylation sites (tertiary alicyclic amines) is 1. The highest BCUT2D eigenvalue weighted by molar-refractivity contribution is 5.38. The minimum Gasteiger partial charge on any atom is -0.394 e. The third kappa shape index (κ3) is 2.19. The van der Waals surface area contributed by atoms with E-state index in [1.807, 2.05) is 4.90 Å². The highest BCUT2D eigenvalue weighted by Crippen LogP contribution is 2.22. The van der Waals surface area contributed by atoms with Crippen molar-refractivity contribution in [3.8, 4) is 5.82 Å². The molecule has 0 saturated carbocycles. The lowest BCUT2D eigenvalue weighted by molar-refractivity contribution is -0.0367. The van der Waals surface area contributed by atoms with Gasteiger partial charge in [-0.2, -0.15) is 0 Å². The first kappa shape index (κ1) is 12.8. The number of aliphatic hydroxyl groups excluding tert-OH is 1. The number of pyridine rings is 2. The topological polar surface area (TPSA) is 84.4 Å². The Bertz CT molecular complexity index is 662. The highest BCUT2D eigenvalue weighted by atomic mass is 16.3. The van der Waals surface area contributed by atoms with Gasteiger partial charge in [0.05, 0.1) is 5.69 Å². The third-order valence-corrected chi connectivity index (χ3v) is 3.53. The van der Waals surface area contributed by atoms with Crippen LogP contribution in [0.15, 0.2) is 41.5 Å². The van der Waals surface area contributed by atoms with E-state index in [1.54, 1.807) is 36.7 Å². The van der Waals surface area contributed by atoms with E-state index in [2.05, 4.69) is 4.98 Å². The van der Waals surface area contributed by atoms with Gasteiger partial charge in [0.15, 0.2) is 0 Å². The average molecular weight is 272 g/mol. The van der Waals surface area contributed by atoms with Crippen LogP contribution in [0.5, 0.6) is 0 Å². The molecule has 1 unspecified atom stereocenters. The summed E-state index contributed by atoms with van der Waals surface area (Å²) in [7, 11) is 0. The fraction of sp³-hybridized carbons (Fsp3) is 0.286. The van der Waals surface area contributed by atoms with Crippen LogP contribution in [0.2, 0.25) is 0 Å². The van der Waals surface area contributed by atoms with Crippen molar-refractivity contribution < 1.29 is 5.11 Å².